The minimum Gasteiger partial charge on any atom is -0.417 e. The SMILES string of the molecule is Cc1ccc2ccccc2c1OC(=O)C(=O)Oc1c(C)ccc2ccccc12. The van der Waals surface area contributed by atoms with Gasteiger partial charge in [-0.3, -0.25) is 0 Å². The maximum Gasteiger partial charge on any atom is 0.423 e. The molecule has 0 saturated heterocycles. The van der Waals surface area contributed by atoms with Gasteiger partial charge in [0.2, 0.25) is 0 Å². The molecule has 4 aromatic carbocycles. The second-order valence-corrected chi connectivity index (χ2v) is 6.64. The van der Waals surface area contributed by atoms with Crippen molar-refractivity contribution >= 4 is 33.5 Å². The Morgan fingerprint density at radius 2 is 0.964 bits per heavy atom. The summed E-state index contributed by atoms with van der Waals surface area (Å²) in [6, 6.07) is 22.7. The third kappa shape index (κ3) is 3.21. The second kappa shape index (κ2) is 7.16. The van der Waals surface area contributed by atoms with E-state index in [-0.39, 0.29) is 0 Å². The molecule has 0 bridgehead atoms. The van der Waals surface area contributed by atoms with Gasteiger partial charge in [0.25, 0.3) is 0 Å². The molecule has 4 nitrogen and oxygen atoms in total. The molecule has 0 amide bonds. The fraction of sp³-hybridized carbons (Fsp3) is 0.0833. The summed E-state index contributed by atoms with van der Waals surface area (Å²) in [5.41, 5.74) is 1.53. The molecule has 0 N–H and O–H groups in total. The summed E-state index contributed by atoms with van der Waals surface area (Å²) >= 11 is 0. The number of benzene rings is 4. The summed E-state index contributed by atoms with van der Waals surface area (Å²) in [6.45, 7) is 3.66. The highest BCUT2D eigenvalue weighted by Crippen LogP contribution is 2.31. The van der Waals surface area contributed by atoms with Gasteiger partial charge in [0.05, 0.1) is 0 Å². The first-order valence-electron chi connectivity index (χ1n) is 8.95. The summed E-state index contributed by atoms with van der Waals surface area (Å²) in [6.07, 6.45) is 0. The van der Waals surface area contributed by atoms with Crippen molar-refractivity contribution in [3.63, 3.8) is 0 Å². The minimum absolute atomic E-state index is 0.370. The van der Waals surface area contributed by atoms with E-state index in [4.69, 9.17) is 9.47 Å². The van der Waals surface area contributed by atoms with Crippen LogP contribution >= 0.6 is 0 Å². The van der Waals surface area contributed by atoms with Crippen molar-refractivity contribution in [3.8, 4) is 11.5 Å². The molecule has 4 aromatic rings. The standard InChI is InChI=1S/C24H18O4/c1-15-11-13-17-7-3-5-9-19(17)21(15)27-23(25)24(26)28-22-16(2)12-14-18-8-4-6-10-20(18)22/h3-14H,1-2H3. The predicted octanol–water partition coefficient (Wildman–Crippen LogP) is 5.12. The van der Waals surface area contributed by atoms with Gasteiger partial charge in [0.15, 0.2) is 0 Å². The van der Waals surface area contributed by atoms with Gasteiger partial charge >= 0.3 is 11.9 Å². The Balaban J connectivity index is 1.63. The first-order valence-corrected chi connectivity index (χ1v) is 8.95. The predicted molar refractivity (Wildman–Crippen MR) is 109 cm³/mol. The normalized spacial score (nSPS) is 10.8. The van der Waals surface area contributed by atoms with Crippen LogP contribution in [0.2, 0.25) is 0 Å². The number of aryl methyl sites for hydroxylation is 2. The minimum atomic E-state index is -1.05. The number of carbonyl (C=O) groups excluding carboxylic acids is 2. The second-order valence-electron chi connectivity index (χ2n) is 6.64. The number of rotatable bonds is 2. The number of ether oxygens (including phenoxy) is 2. The molecule has 0 aromatic heterocycles. The third-order valence-electron chi connectivity index (χ3n) is 4.71. The molecule has 28 heavy (non-hydrogen) atoms. The molecule has 0 unspecified atom stereocenters. The Kier molecular flexibility index (Phi) is 4.53. The van der Waals surface area contributed by atoms with Crippen LogP contribution in [0.3, 0.4) is 0 Å². The van der Waals surface area contributed by atoms with Gasteiger partial charge in [0.1, 0.15) is 11.5 Å². The quantitative estimate of drug-likeness (QED) is 0.279. The number of hydrogen-bond acceptors (Lipinski definition) is 4. The van der Waals surface area contributed by atoms with Crippen LogP contribution in [0.15, 0.2) is 72.8 Å². The molecule has 138 valence electrons. The molecule has 0 aliphatic carbocycles. The number of carbonyl (C=O) groups is 2. The maximum absolute atomic E-state index is 12.5. The monoisotopic (exact) mass is 370 g/mol. The van der Waals surface area contributed by atoms with E-state index in [1.54, 1.807) is 0 Å². The van der Waals surface area contributed by atoms with Crippen LogP contribution in [0, 0.1) is 13.8 Å². The average molecular weight is 370 g/mol. The van der Waals surface area contributed by atoms with Crippen LogP contribution in [0.25, 0.3) is 21.5 Å². The van der Waals surface area contributed by atoms with Gasteiger partial charge in [0, 0.05) is 10.8 Å². The van der Waals surface area contributed by atoms with Crippen molar-refractivity contribution in [3.05, 3.63) is 83.9 Å². The van der Waals surface area contributed by atoms with Gasteiger partial charge in [-0.25, -0.2) is 9.59 Å². The lowest BCUT2D eigenvalue weighted by molar-refractivity contribution is -0.156. The summed E-state index contributed by atoms with van der Waals surface area (Å²) < 4.78 is 10.9. The lowest BCUT2D eigenvalue weighted by Gasteiger charge is -2.12. The highest BCUT2D eigenvalue weighted by molar-refractivity contribution is 6.31. The molecule has 0 heterocycles. The highest BCUT2D eigenvalue weighted by Gasteiger charge is 2.23. The number of esters is 2. The smallest absolute Gasteiger partial charge is 0.417 e. The summed E-state index contributed by atoms with van der Waals surface area (Å²) in [5, 5.41) is 3.39. The Labute approximate surface area is 162 Å². The zero-order chi connectivity index (χ0) is 19.7. The Bertz CT molecular complexity index is 1130. The molecule has 4 heteroatoms. The van der Waals surface area contributed by atoms with Crippen molar-refractivity contribution in [1.29, 1.82) is 0 Å². The molecule has 4 rings (SSSR count). The third-order valence-corrected chi connectivity index (χ3v) is 4.71. The van der Waals surface area contributed by atoms with Crippen LogP contribution in [-0.4, -0.2) is 11.9 Å². The summed E-state index contributed by atoms with van der Waals surface area (Å²) in [7, 11) is 0. The van der Waals surface area contributed by atoms with Crippen LogP contribution in [0.1, 0.15) is 11.1 Å². The molecule has 0 aliphatic rings. The van der Waals surface area contributed by atoms with Crippen LogP contribution in [0.5, 0.6) is 11.5 Å². The molecule has 0 radical (unpaired) electrons. The van der Waals surface area contributed by atoms with Crippen LogP contribution in [0.4, 0.5) is 0 Å². The Morgan fingerprint density at radius 1 is 0.571 bits per heavy atom. The van der Waals surface area contributed by atoms with Gasteiger partial charge in [-0.15, -0.1) is 0 Å². The Morgan fingerprint density at radius 3 is 1.39 bits per heavy atom. The number of hydrogen-bond donors (Lipinski definition) is 0. The molecule has 0 atom stereocenters. The van der Waals surface area contributed by atoms with Crippen molar-refractivity contribution in [2.75, 3.05) is 0 Å². The average Bonchev–Trinajstić information content (AvgIpc) is 2.72. The zero-order valence-corrected chi connectivity index (χ0v) is 15.6. The molecular formula is C24H18O4. The van der Waals surface area contributed by atoms with Crippen LogP contribution in [-0.2, 0) is 9.59 Å². The summed E-state index contributed by atoms with van der Waals surface area (Å²) in [4.78, 5) is 24.9. The Hall–Kier alpha value is -3.66. The topological polar surface area (TPSA) is 52.6 Å². The van der Waals surface area contributed by atoms with Crippen molar-refractivity contribution < 1.29 is 19.1 Å². The maximum atomic E-state index is 12.5. The van der Waals surface area contributed by atoms with E-state index in [1.807, 2.05) is 86.6 Å². The highest BCUT2D eigenvalue weighted by atomic mass is 16.6. The van der Waals surface area contributed by atoms with E-state index in [2.05, 4.69) is 0 Å². The van der Waals surface area contributed by atoms with E-state index in [1.165, 1.54) is 0 Å². The first-order chi connectivity index (χ1) is 13.5. The lowest BCUT2D eigenvalue weighted by atomic mass is 10.1. The molecule has 0 aliphatic heterocycles. The van der Waals surface area contributed by atoms with Crippen molar-refractivity contribution in [2.24, 2.45) is 0 Å². The van der Waals surface area contributed by atoms with E-state index in [0.29, 0.717) is 11.5 Å². The fourth-order valence-corrected chi connectivity index (χ4v) is 3.24. The van der Waals surface area contributed by atoms with E-state index in [0.717, 1.165) is 32.7 Å². The molecular weight excluding hydrogens is 352 g/mol. The van der Waals surface area contributed by atoms with Gasteiger partial charge in [-0.2, -0.15) is 0 Å². The molecule has 0 saturated carbocycles. The van der Waals surface area contributed by atoms with Gasteiger partial charge < -0.3 is 9.47 Å². The van der Waals surface area contributed by atoms with E-state index >= 15 is 0 Å². The van der Waals surface area contributed by atoms with Gasteiger partial charge in [-0.05, 0) is 35.7 Å². The first kappa shape index (κ1) is 17.7. The largest absolute Gasteiger partial charge is 0.423 e. The molecule has 0 spiro atoms. The lowest BCUT2D eigenvalue weighted by Crippen LogP contribution is -2.26. The van der Waals surface area contributed by atoms with Crippen molar-refractivity contribution in [1.82, 2.24) is 0 Å². The van der Waals surface area contributed by atoms with Crippen molar-refractivity contribution in [2.45, 2.75) is 13.8 Å². The molecule has 0 fully saturated rings. The fourth-order valence-electron chi connectivity index (χ4n) is 3.24. The van der Waals surface area contributed by atoms with Crippen LogP contribution < -0.4 is 9.47 Å². The zero-order valence-electron chi connectivity index (χ0n) is 15.6. The van der Waals surface area contributed by atoms with Gasteiger partial charge in [-0.1, -0.05) is 72.8 Å². The summed E-state index contributed by atoms with van der Waals surface area (Å²) in [5.74, 6) is -1.36. The van der Waals surface area contributed by atoms with E-state index < -0.39 is 11.9 Å². The number of fused-ring (bicyclic) bond motifs is 2. The van der Waals surface area contributed by atoms with E-state index in [9.17, 15) is 9.59 Å².